The molecule has 0 bridgehead atoms. The second-order valence-corrected chi connectivity index (χ2v) is 4.91. The number of rotatable bonds is 2. The van der Waals surface area contributed by atoms with Crippen molar-refractivity contribution in [3.05, 3.63) is 21.4 Å². The van der Waals surface area contributed by atoms with Gasteiger partial charge in [0.2, 0.25) is 0 Å². The van der Waals surface area contributed by atoms with E-state index in [4.69, 9.17) is 5.11 Å². The summed E-state index contributed by atoms with van der Waals surface area (Å²) in [5.41, 5.74) is 0.703. The summed E-state index contributed by atoms with van der Waals surface area (Å²) in [7, 11) is 1.10. The first kappa shape index (κ1) is 15.5. The first-order chi connectivity index (χ1) is 8.74. The monoisotopic (exact) mass is 291 g/mol. The largest absolute Gasteiger partial charge is 0.406 e. The summed E-state index contributed by atoms with van der Waals surface area (Å²) in [6, 6.07) is 1.50. The molecule has 0 aliphatic rings. The van der Waals surface area contributed by atoms with E-state index in [2.05, 4.69) is 11.8 Å². The molecular formula is C12H12F3NO2S. The summed E-state index contributed by atoms with van der Waals surface area (Å²) in [6.45, 7) is 0.105. The molecule has 0 unspecified atom stereocenters. The van der Waals surface area contributed by atoms with Crippen LogP contribution >= 0.6 is 11.3 Å². The van der Waals surface area contributed by atoms with Crippen LogP contribution in [0.15, 0.2) is 6.07 Å². The van der Waals surface area contributed by atoms with Gasteiger partial charge in [-0.05, 0) is 18.6 Å². The van der Waals surface area contributed by atoms with Gasteiger partial charge in [0, 0.05) is 7.05 Å². The molecule has 7 heteroatoms. The quantitative estimate of drug-likeness (QED) is 0.847. The first-order valence-electron chi connectivity index (χ1n) is 5.27. The lowest BCUT2D eigenvalue weighted by molar-refractivity contribution is -0.138. The third-order valence-electron chi connectivity index (χ3n) is 2.17. The fraction of sp³-hybridized carbons (Fsp3) is 0.417. The third kappa shape index (κ3) is 4.58. The number of amides is 1. The number of thiophene rings is 1. The lowest BCUT2D eigenvalue weighted by Crippen LogP contribution is -2.35. The van der Waals surface area contributed by atoms with E-state index >= 15 is 0 Å². The molecule has 0 aromatic carbocycles. The Bertz CT molecular complexity index is 525. The molecular weight excluding hydrogens is 279 g/mol. The van der Waals surface area contributed by atoms with E-state index in [0.717, 1.165) is 18.4 Å². The molecule has 0 aliphatic heterocycles. The van der Waals surface area contributed by atoms with Crippen molar-refractivity contribution in [2.45, 2.75) is 13.1 Å². The molecule has 0 spiro atoms. The van der Waals surface area contributed by atoms with Crippen LogP contribution in [0.4, 0.5) is 13.2 Å². The van der Waals surface area contributed by atoms with Gasteiger partial charge in [-0.2, -0.15) is 13.2 Å². The molecule has 104 valence electrons. The summed E-state index contributed by atoms with van der Waals surface area (Å²) in [5.74, 6) is 4.39. The minimum Gasteiger partial charge on any atom is -0.384 e. The van der Waals surface area contributed by atoms with Crippen LogP contribution in [0, 0.1) is 18.8 Å². The fourth-order valence-corrected chi connectivity index (χ4v) is 2.40. The van der Waals surface area contributed by atoms with Gasteiger partial charge in [0.15, 0.2) is 0 Å². The molecule has 1 amide bonds. The van der Waals surface area contributed by atoms with Gasteiger partial charge in [0.05, 0.1) is 9.75 Å². The summed E-state index contributed by atoms with van der Waals surface area (Å²) in [5, 5.41) is 8.58. The fourth-order valence-electron chi connectivity index (χ4n) is 1.36. The molecule has 0 radical (unpaired) electrons. The highest BCUT2D eigenvalue weighted by Crippen LogP contribution is 2.23. The van der Waals surface area contributed by atoms with E-state index in [-0.39, 0.29) is 11.5 Å². The van der Waals surface area contributed by atoms with Crippen molar-refractivity contribution in [3.8, 4) is 11.8 Å². The van der Waals surface area contributed by atoms with Crippen LogP contribution in [-0.4, -0.2) is 42.3 Å². The number of carbonyl (C=O) groups excluding carboxylic acids is 1. The maximum atomic E-state index is 12.2. The van der Waals surface area contributed by atoms with Crippen molar-refractivity contribution in [2.24, 2.45) is 0 Å². The van der Waals surface area contributed by atoms with Gasteiger partial charge < -0.3 is 10.0 Å². The molecule has 0 saturated carbocycles. The van der Waals surface area contributed by atoms with Crippen molar-refractivity contribution < 1.29 is 23.1 Å². The predicted molar refractivity (Wildman–Crippen MR) is 66.0 cm³/mol. The molecule has 3 nitrogen and oxygen atoms in total. The van der Waals surface area contributed by atoms with Crippen LogP contribution < -0.4 is 0 Å². The van der Waals surface area contributed by atoms with Gasteiger partial charge >= 0.3 is 6.18 Å². The highest BCUT2D eigenvalue weighted by atomic mass is 32.1. The number of halogens is 3. The van der Waals surface area contributed by atoms with Gasteiger partial charge in [0.25, 0.3) is 5.91 Å². The van der Waals surface area contributed by atoms with Crippen molar-refractivity contribution in [2.75, 3.05) is 20.2 Å². The Morgan fingerprint density at radius 2 is 2.16 bits per heavy atom. The second-order valence-electron chi connectivity index (χ2n) is 3.86. The van der Waals surface area contributed by atoms with Crippen molar-refractivity contribution in [3.63, 3.8) is 0 Å². The first-order valence-corrected chi connectivity index (χ1v) is 6.08. The molecule has 1 rings (SSSR count). The Hall–Kier alpha value is -1.52. The van der Waals surface area contributed by atoms with Crippen molar-refractivity contribution >= 4 is 17.2 Å². The molecule has 0 atom stereocenters. The average Bonchev–Trinajstić information content (AvgIpc) is 2.64. The van der Waals surface area contributed by atoms with E-state index in [1.165, 1.54) is 6.07 Å². The smallest absolute Gasteiger partial charge is 0.384 e. The van der Waals surface area contributed by atoms with E-state index in [0.29, 0.717) is 15.3 Å². The number of aliphatic hydroxyl groups is 1. The zero-order valence-electron chi connectivity index (χ0n) is 10.3. The lowest BCUT2D eigenvalue weighted by Gasteiger charge is -2.17. The molecule has 0 saturated heterocycles. The molecule has 1 aromatic heterocycles. The van der Waals surface area contributed by atoms with Crippen molar-refractivity contribution in [1.82, 2.24) is 4.90 Å². The molecule has 0 aliphatic carbocycles. The Balaban J connectivity index is 2.89. The predicted octanol–water partition coefficient (Wildman–Crippen LogP) is 2.03. The highest BCUT2D eigenvalue weighted by Gasteiger charge is 2.32. The number of hydrogen-bond donors (Lipinski definition) is 1. The van der Waals surface area contributed by atoms with Crippen LogP contribution in [0.1, 0.15) is 20.1 Å². The minimum absolute atomic E-state index is 0.200. The van der Waals surface area contributed by atoms with Crippen LogP contribution in [0.2, 0.25) is 0 Å². The van der Waals surface area contributed by atoms with Gasteiger partial charge in [-0.1, -0.05) is 11.8 Å². The number of nitrogens with zero attached hydrogens (tertiary/aromatic N) is 1. The Morgan fingerprint density at radius 1 is 1.53 bits per heavy atom. The summed E-state index contributed by atoms with van der Waals surface area (Å²) in [4.78, 5) is 13.2. The van der Waals surface area contributed by atoms with E-state index in [1.807, 2.05) is 0 Å². The zero-order chi connectivity index (χ0) is 14.6. The van der Waals surface area contributed by atoms with E-state index < -0.39 is 18.6 Å². The Kier molecular flexibility index (Phi) is 4.97. The molecule has 1 N–H and O–H groups in total. The van der Waals surface area contributed by atoms with Crippen LogP contribution in [0.25, 0.3) is 0 Å². The summed E-state index contributed by atoms with van der Waals surface area (Å²) >= 11 is 1.02. The van der Waals surface area contributed by atoms with Gasteiger partial charge in [0.1, 0.15) is 13.2 Å². The van der Waals surface area contributed by atoms with Crippen LogP contribution in [0.3, 0.4) is 0 Å². The maximum Gasteiger partial charge on any atom is 0.406 e. The standard InChI is InChI=1S/C12H12F3NO2S/c1-8-6-10(19-9(8)4-3-5-17)11(18)16(2)7-12(13,14)15/h6,17H,5,7H2,1-2H3. The summed E-state index contributed by atoms with van der Waals surface area (Å²) < 4.78 is 36.6. The van der Waals surface area contributed by atoms with Gasteiger partial charge in [-0.15, -0.1) is 11.3 Å². The van der Waals surface area contributed by atoms with E-state index in [9.17, 15) is 18.0 Å². The van der Waals surface area contributed by atoms with Crippen LogP contribution in [0.5, 0.6) is 0 Å². The molecule has 1 aromatic rings. The second kappa shape index (κ2) is 6.08. The Labute approximate surface area is 112 Å². The van der Waals surface area contributed by atoms with Gasteiger partial charge in [-0.25, -0.2) is 0 Å². The van der Waals surface area contributed by atoms with E-state index in [1.54, 1.807) is 6.92 Å². The topological polar surface area (TPSA) is 40.5 Å². The normalized spacial score (nSPS) is 10.8. The van der Waals surface area contributed by atoms with Crippen LogP contribution in [-0.2, 0) is 0 Å². The highest BCUT2D eigenvalue weighted by molar-refractivity contribution is 7.14. The summed E-state index contributed by atoms with van der Waals surface area (Å²) in [6.07, 6.45) is -4.42. The number of aryl methyl sites for hydroxylation is 1. The zero-order valence-corrected chi connectivity index (χ0v) is 11.2. The Morgan fingerprint density at radius 3 is 2.68 bits per heavy atom. The molecule has 1 heterocycles. The lowest BCUT2D eigenvalue weighted by atomic mass is 10.2. The minimum atomic E-state index is -4.42. The maximum absolute atomic E-state index is 12.2. The number of alkyl halides is 3. The van der Waals surface area contributed by atoms with Gasteiger partial charge in [-0.3, -0.25) is 4.79 Å². The van der Waals surface area contributed by atoms with Crippen molar-refractivity contribution in [1.29, 1.82) is 0 Å². The third-order valence-corrected chi connectivity index (χ3v) is 3.31. The number of aliphatic hydroxyl groups excluding tert-OH is 1. The molecule has 0 fully saturated rings. The number of hydrogen-bond acceptors (Lipinski definition) is 3. The number of carbonyl (C=O) groups is 1. The molecule has 19 heavy (non-hydrogen) atoms. The average molecular weight is 291 g/mol. The SMILES string of the molecule is Cc1cc(C(=O)N(C)CC(F)(F)F)sc1C#CCO.